The highest BCUT2D eigenvalue weighted by Gasteiger charge is 2.46. The number of rotatable bonds is 3. The van der Waals surface area contributed by atoms with Gasteiger partial charge in [0, 0.05) is 22.5 Å². The summed E-state index contributed by atoms with van der Waals surface area (Å²) in [6, 6.07) is 49.9. The second-order valence-electron chi connectivity index (χ2n) is 12.9. The monoisotopic (exact) mass is 549 g/mol. The summed E-state index contributed by atoms with van der Waals surface area (Å²) >= 11 is 0. The maximum absolute atomic E-state index is 2.56. The molecule has 204 valence electrons. The van der Waals surface area contributed by atoms with E-state index in [1.165, 1.54) is 85.2 Å². The number of nitrogens with zero attached hydrogens (tertiary/aromatic N) is 1. The van der Waals surface area contributed by atoms with Gasteiger partial charge in [0.2, 0.25) is 6.71 Å². The summed E-state index contributed by atoms with van der Waals surface area (Å²) in [4.78, 5) is 2.51. The second-order valence-corrected chi connectivity index (χ2v) is 12.9. The minimum absolute atomic E-state index is 0.0703. The summed E-state index contributed by atoms with van der Waals surface area (Å²) in [5, 5.41) is 0. The van der Waals surface area contributed by atoms with Gasteiger partial charge in [0.15, 0.2) is 0 Å². The van der Waals surface area contributed by atoms with E-state index < -0.39 is 0 Å². The van der Waals surface area contributed by atoms with Crippen molar-refractivity contribution in [3.8, 4) is 22.3 Å². The standard InChI is InChI=1S/C41H32BN/c1-41(2)34-14-9-15-39-40(34)42(36-25-32-17-16-30(32)24-35(36)41)37-26-31(28-12-7-4-8-13-28)20-23-38(37)43(39)33-21-18-29(19-22-33)27-10-5-3-6-11-27/h3-15,18-26H,16-17H2,1-2H3. The Labute approximate surface area is 254 Å². The zero-order chi connectivity index (χ0) is 28.7. The SMILES string of the molecule is CC1(C)c2cc3c(cc2B2c4cc(-c5ccccc5)ccc4N(c4ccc(-c5ccccc5)cc4)c4cccc1c42)CC3. The van der Waals surface area contributed by atoms with Crippen LogP contribution in [0.25, 0.3) is 22.3 Å². The number of benzene rings is 6. The summed E-state index contributed by atoms with van der Waals surface area (Å²) in [5.74, 6) is 0. The molecule has 0 atom stereocenters. The van der Waals surface area contributed by atoms with E-state index in [0.717, 1.165) is 0 Å². The number of hydrogen-bond donors (Lipinski definition) is 0. The molecule has 1 aliphatic carbocycles. The molecule has 2 aliphatic heterocycles. The Hall–Kier alpha value is -4.82. The summed E-state index contributed by atoms with van der Waals surface area (Å²) in [7, 11) is 0. The molecule has 6 aromatic rings. The molecule has 0 spiro atoms. The molecule has 9 rings (SSSR count). The molecule has 6 aromatic carbocycles. The summed E-state index contributed by atoms with van der Waals surface area (Å²) in [5.41, 5.74) is 19.1. The van der Waals surface area contributed by atoms with Crippen molar-refractivity contribution in [2.45, 2.75) is 32.1 Å². The van der Waals surface area contributed by atoms with Gasteiger partial charge in [0.1, 0.15) is 0 Å². The fraction of sp³-hybridized carbons (Fsp3) is 0.122. The van der Waals surface area contributed by atoms with Gasteiger partial charge in [-0.2, -0.15) is 0 Å². The Morgan fingerprint density at radius 1 is 0.512 bits per heavy atom. The first-order chi connectivity index (χ1) is 21.1. The first kappa shape index (κ1) is 24.8. The average molecular weight is 550 g/mol. The highest BCUT2D eigenvalue weighted by atomic mass is 15.1. The molecule has 0 amide bonds. The molecule has 0 saturated carbocycles. The van der Waals surface area contributed by atoms with Crippen LogP contribution in [-0.2, 0) is 18.3 Å². The molecule has 0 saturated heterocycles. The van der Waals surface area contributed by atoms with E-state index in [4.69, 9.17) is 0 Å². The third kappa shape index (κ3) is 3.59. The van der Waals surface area contributed by atoms with E-state index in [9.17, 15) is 0 Å². The number of fused-ring (bicyclic) bond motifs is 5. The van der Waals surface area contributed by atoms with Gasteiger partial charge < -0.3 is 4.90 Å². The molecular formula is C41H32BN. The predicted octanol–water partition coefficient (Wildman–Crippen LogP) is 8.06. The van der Waals surface area contributed by atoms with Crippen molar-refractivity contribution in [2.75, 3.05) is 4.90 Å². The van der Waals surface area contributed by atoms with Crippen molar-refractivity contribution < 1.29 is 0 Å². The number of aryl methyl sites for hydroxylation is 2. The molecule has 2 heterocycles. The van der Waals surface area contributed by atoms with Gasteiger partial charge >= 0.3 is 0 Å². The lowest BCUT2D eigenvalue weighted by molar-refractivity contribution is 0.641. The fourth-order valence-electron chi connectivity index (χ4n) is 7.91. The fourth-order valence-corrected chi connectivity index (χ4v) is 7.91. The molecular weight excluding hydrogens is 517 g/mol. The lowest BCUT2D eigenvalue weighted by Crippen LogP contribution is -2.64. The van der Waals surface area contributed by atoms with Crippen molar-refractivity contribution in [3.05, 3.63) is 156 Å². The van der Waals surface area contributed by atoms with Crippen LogP contribution < -0.4 is 21.3 Å². The van der Waals surface area contributed by atoms with Crippen molar-refractivity contribution in [2.24, 2.45) is 0 Å². The molecule has 0 N–H and O–H groups in total. The molecule has 0 radical (unpaired) electrons. The molecule has 0 bridgehead atoms. The quantitative estimate of drug-likeness (QED) is 0.202. The van der Waals surface area contributed by atoms with Crippen molar-refractivity contribution in [3.63, 3.8) is 0 Å². The molecule has 0 fully saturated rings. The molecule has 0 unspecified atom stereocenters. The second kappa shape index (κ2) is 9.09. The van der Waals surface area contributed by atoms with Gasteiger partial charge in [-0.3, -0.25) is 0 Å². The minimum Gasteiger partial charge on any atom is -0.312 e. The third-order valence-corrected chi connectivity index (χ3v) is 10.2. The van der Waals surface area contributed by atoms with Crippen LogP contribution in [0.15, 0.2) is 133 Å². The Bertz CT molecular complexity index is 2040. The topological polar surface area (TPSA) is 3.24 Å². The van der Waals surface area contributed by atoms with Crippen LogP contribution in [0.4, 0.5) is 17.1 Å². The van der Waals surface area contributed by atoms with Crippen LogP contribution in [0.1, 0.15) is 36.1 Å². The highest BCUT2D eigenvalue weighted by Crippen LogP contribution is 2.44. The van der Waals surface area contributed by atoms with Crippen LogP contribution in [0, 0.1) is 0 Å². The predicted molar refractivity (Wildman–Crippen MR) is 183 cm³/mol. The Morgan fingerprint density at radius 3 is 1.84 bits per heavy atom. The van der Waals surface area contributed by atoms with Crippen molar-refractivity contribution in [1.82, 2.24) is 0 Å². The Morgan fingerprint density at radius 2 is 1.14 bits per heavy atom. The van der Waals surface area contributed by atoms with Crippen molar-refractivity contribution >= 4 is 40.2 Å². The van der Waals surface area contributed by atoms with Gasteiger partial charge in [-0.25, -0.2) is 0 Å². The number of anilines is 3. The Balaban J connectivity index is 1.30. The maximum Gasteiger partial charge on any atom is 0.247 e. The van der Waals surface area contributed by atoms with E-state index in [2.05, 4.69) is 152 Å². The largest absolute Gasteiger partial charge is 0.312 e. The summed E-state index contributed by atoms with van der Waals surface area (Å²) < 4.78 is 0. The van der Waals surface area contributed by atoms with E-state index in [1.54, 1.807) is 5.56 Å². The van der Waals surface area contributed by atoms with E-state index in [-0.39, 0.29) is 12.1 Å². The summed E-state index contributed by atoms with van der Waals surface area (Å²) in [6.45, 7) is 5.06. The van der Waals surface area contributed by atoms with Gasteiger partial charge in [-0.1, -0.05) is 129 Å². The van der Waals surface area contributed by atoms with Crippen LogP contribution in [0.5, 0.6) is 0 Å². The first-order valence-corrected chi connectivity index (χ1v) is 15.5. The third-order valence-electron chi connectivity index (χ3n) is 10.2. The smallest absolute Gasteiger partial charge is 0.247 e. The summed E-state index contributed by atoms with van der Waals surface area (Å²) in [6.07, 6.45) is 2.40. The maximum atomic E-state index is 2.56. The van der Waals surface area contributed by atoms with Gasteiger partial charge in [-0.05, 0) is 92.5 Å². The highest BCUT2D eigenvalue weighted by molar-refractivity contribution is 6.99. The van der Waals surface area contributed by atoms with Crippen LogP contribution >= 0.6 is 0 Å². The zero-order valence-electron chi connectivity index (χ0n) is 24.6. The van der Waals surface area contributed by atoms with Gasteiger partial charge in [0.05, 0.1) is 0 Å². The van der Waals surface area contributed by atoms with Crippen LogP contribution in [0.3, 0.4) is 0 Å². The van der Waals surface area contributed by atoms with Gasteiger partial charge in [-0.15, -0.1) is 0 Å². The molecule has 3 aliphatic rings. The van der Waals surface area contributed by atoms with Crippen molar-refractivity contribution in [1.29, 1.82) is 0 Å². The molecule has 0 aromatic heterocycles. The lowest BCUT2D eigenvalue weighted by atomic mass is 9.30. The number of hydrogen-bond acceptors (Lipinski definition) is 1. The van der Waals surface area contributed by atoms with Crippen LogP contribution in [-0.4, -0.2) is 6.71 Å². The normalized spacial score (nSPS) is 15.1. The average Bonchev–Trinajstić information content (AvgIpc) is 3.04. The van der Waals surface area contributed by atoms with Crippen LogP contribution in [0.2, 0.25) is 0 Å². The zero-order valence-corrected chi connectivity index (χ0v) is 24.6. The van der Waals surface area contributed by atoms with Gasteiger partial charge in [0.25, 0.3) is 0 Å². The molecule has 43 heavy (non-hydrogen) atoms. The lowest BCUT2D eigenvalue weighted by Gasteiger charge is -2.46. The van der Waals surface area contributed by atoms with E-state index in [1.807, 2.05) is 0 Å². The molecule has 1 nitrogen and oxygen atoms in total. The first-order valence-electron chi connectivity index (χ1n) is 15.5. The molecule has 2 heteroatoms. The Kier molecular flexibility index (Phi) is 5.23. The minimum atomic E-state index is -0.0703. The van der Waals surface area contributed by atoms with E-state index >= 15 is 0 Å². The van der Waals surface area contributed by atoms with E-state index in [0.29, 0.717) is 0 Å².